The van der Waals surface area contributed by atoms with Crippen LogP contribution >= 0.6 is 0 Å². The van der Waals surface area contributed by atoms with Gasteiger partial charge in [-0.05, 0) is 31.9 Å². The van der Waals surface area contributed by atoms with Gasteiger partial charge in [0.25, 0.3) is 11.8 Å². The predicted molar refractivity (Wildman–Crippen MR) is 97.9 cm³/mol. The summed E-state index contributed by atoms with van der Waals surface area (Å²) in [6, 6.07) is 4.38. The number of hydrogen-bond donors (Lipinski definition) is 3. The van der Waals surface area contributed by atoms with E-state index in [9.17, 15) is 14.4 Å². The first kappa shape index (κ1) is 18.8. The quantitative estimate of drug-likeness (QED) is 0.616. The number of rotatable bonds is 8. The van der Waals surface area contributed by atoms with Gasteiger partial charge >= 0.3 is 6.03 Å². The number of nitrogens with one attached hydrogen (secondary N) is 3. The Morgan fingerprint density at radius 3 is 2.74 bits per heavy atom. The smallest absolute Gasteiger partial charge is 0.324 e. The van der Waals surface area contributed by atoms with Crippen molar-refractivity contribution >= 4 is 23.5 Å². The summed E-state index contributed by atoms with van der Waals surface area (Å²) < 4.78 is 10.8. The summed E-state index contributed by atoms with van der Waals surface area (Å²) >= 11 is 0. The zero-order valence-corrected chi connectivity index (χ0v) is 15.4. The van der Waals surface area contributed by atoms with Gasteiger partial charge in [0.1, 0.15) is 6.04 Å². The maximum atomic E-state index is 12.4. The fourth-order valence-corrected chi connectivity index (χ4v) is 2.75. The minimum atomic E-state index is -0.603. The van der Waals surface area contributed by atoms with Gasteiger partial charge in [0.15, 0.2) is 18.1 Å². The van der Waals surface area contributed by atoms with Crippen LogP contribution in [0.4, 0.5) is 10.5 Å². The lowest BCUT2D eigenvalue weighted by molar-refractivity contribution is -0.128. The van der Waals surface area contributed by atoms with Crippen LogP contribution in [0.5, 0.6) is 11.5 Å². The van der Waals surface area contributed by atoms with Gasteiger partial charge in [-0.2, -0.15) is 0 Å². The number of urea groups is 1. The molecule has 1 unspecified atom stereocenters. The van der Waals surface area contributed by atoms with Crippen LogP contribution in [0.15, 0.2) is 18.2 Å². The summed E-state index contributed by atoms with van der Waals surface area (Å²) in [5.74, 6) is 0.387. The monoisotopic (exact) mass is 376 g/mol. The fraction of sp³-hybridized carbons (Fsp3) is 0.500. The summed E-state index contributed by atoms with van der Waals surface area (Å²) in [6.45, 7) is 2.39. The first-order valence-corrected chi connectivity index (χ1v) is 8.94. The largest absolute Gasteiger partial charge is 0.493 e. The second-order valence-corrected chi connectivity index (χ2v) is 6.58. The molecule has 1 aromatic rings. The van der Waals surface area contributed by atoms with Crippen LogP contribution in [0, 0.1) is 0 Å². The summed E-state index contributed by atoms with van der Waals surface area (Å²) in [4.78, 5) is 37.0. The number of anilines is 1. The normalized spacial score (nSPS) is 17.1. The molecule has 1 aliphatic carbocycles. The molecule has 4 amide bonds. The van der Waals surface area contributed by atoms with E-state index in [1.807, 2.05) is 0 Å². The van der Waals surface area contributed by atoms with Gasteiger partial charge in [-0.15, -0.1) is 0 Å². The molecule has 3 rings (SSSR count). The Hall–Kier alpha value is -2.97. The summed E-state index contributed by atoms with van der Waals surface area (Å²) in [6.07, 6.45) is 2.02. The van der Waals surface area contributed by atoms with Gasteiger partial charge in [0, 0.05) is 30.9 Å². The van der Waals surface area contributed by atoms with Crippen molar-refractivity contribution in [3.8, 4) is 11.5 Å². The minimum Gasteiger partial charge on any atom is -0.493 e. The fourth-order valence-electron chi connectivity index (χ4n) is 2.75. The van der Waals surface area contributed by atoms with E-state index in [2.05, 4.69) is 16.0 Å². The first-order valence-electron chi connectivity index (χ1n) is 8.94. The molecule has 9 nitrogen and oxygen atoms in total. The van der Waals surface area contributed by atoms with Crippen LogP contribution in [0.2, 0.25) is 0 Å². The highest BCUT2D eigenvalue weighted by molar-refractivity contribution is 5.99. The topological polar surface area (TPSA) is 109 Å². The van der Waals surface area contributed by atoms with Gasteiger partial charge in [-0.3, -0.25) is 14.5 Å². The second-order valence-electron chi connectivity index (χ2n) is 6.58. The first-order chi connectivity index (χ1) is 13.0. The molecule has 27 heavy (non-hydrogen) atoms. The molecule has 2 aliphatic rings. The molecule has 1 saturated carbocycles. The van der Waals surface area contributed by atoms with Gasteiger partial charge in [-0.25, -0.2) is 4.79 Å². The zero-order chi connectivity index (χ0) is 19.4. The molecular formula is C18H24N4O5. The number of benzene rings is 1. The van der Waals surface area contributed by atoms with E-state index in [0.29, 0.717) is 30.3 Å². The number of carbonyl (C=O) groups excluding carboxylic acids is 3. The third-order valence-corrected chi connectivity index (χ3v) is 4.34. The number of nitrogens with zero attached hydrogens (tertiary/aromatic N) is 1. The predicted octanol–water partition coefficient (Wildman–Crippen LogP) is 0.705. The molecule has 1 atom stereocenters. The minimum absolute atomic E-state index is 0.112. The summed E-state index contributed by atoms with van der Waals surface area (Å²) in [7, 11) is 1.51. The van der Waals surface area contributed by atoms with E-state index >= 15 is 0 Å². The summed E-state index contributed by atoms with van der Waals surface area (Å²) in [5, 5.41) is 8.51. The summed E-state index contributed by atoms with van der Waals surface area (Å²) in [5.41, 5.74) is 0.619. The Morgan fingerprint density at radius 2 is 2.11 bits per heavy atom. The number of methoxy groups -OCH3 is 1. The van der Waals surface area contributed by atoms with Crippen LogP contribution in [0.1, 0.15) is 19.8 Å². The molecule has 9 heteroatoms. The third kappa shape index (κ3) is 4.81. The number of imide groups is 1. The highest BCUT2D eigenvalue weighted by Crippen LogP contribution is 2.30. The molecule has 1 aliphatic heterocycles. The Kier molecular flexibility index (Phi) is 5.68. The molecule has 3 N–H and O–H groups in total. The molecule has 1 heterocycles. The van der Waals surface area contributed by atoms with Crippen LogP contribution < -0.4 is 25.4 Å². The van der Waals surface area contributed by atoms with Gasteiger partial charge in [0.05, 0.1) is 7.11 Å². The van der Waals surface area contributed by atoms with Gasteiger partial charge in [0.2, 0.25) is 0 Å². The molecule has 0 spiro atoms. The van der Waals surface area contributed by atoms with Crippen LogP contribution in [-0.4, -0.2) is 61.6 Å². The Labute approximate surface area is 157 Å². The standard InChI is InChI=1S/C18H24N4O5/c1-11(17(24)22-8-7-19-18(22)25)20-13-5-6-14(26-2)15(9-13)27-10-16(23)21-12-3-4-12/h5-6,9,11-12,20H,3-4,7-8,10H2,1-2H3,(H,19,25)(H,21,23). The van der Waals surface area contributed by atoms with Crippen molar-refractivity contribution in [3.63, 3.8) is 0 Å². The zero-order valence-electron chi connectivity index (χ0n) is 15.4. The SMILES string of the molecule is COc1ccc(NC(C)C(=O)N2CCNC2=O)cc1OCC(=O)NC1CC1. The molecule has 1 aromatic carbocycles. The lowest BCUT2D eigenvalue weighted by atomic mass is 10.2. The number of amides is 4. The molecule has 0 radical (unpaired) electrons. The van der Waals surface area contributed by atoms with Crippen molar-refractivity contribution in [2.45, 2.75) is 31.8 Å². The highest BCUT2D eigenvalue weighted by Gasteiger charge is 2.29. The van der Waals surface area contributed by atoms with Gasteiger partial charge < -0.3 is 25.4 Å². The number of ether oxygens (including phenoxy) is 2. The van der Waals surface area contributed by atoms with Crippen molar-refractivity contribution in [2.24, 2.45) is 0 Å². The molecular weight excluding hydrogens is 352 g/mol. The third-order valence-electron chi connectivity index (χ3n) is 4.34. The van der Waals surface area contributed by atoms with E-state index in [1.54, 1.807) is 25.1 Å². The Balaban J connectivity index is 1.61. The van der Waals surface area contributed by atoms with Crippen LogP contribution in [0.25, 0.3) is 0 Å². The van der Waals surface area contributed by atoms with E-state index in [0.717, 1.165) is 12.8 Å². The maximum absolute atomic E-state index is 12.4. The van der Waals surface area contributed by atoms with E-state index in [4.69, 9.17) is 9.47 Å². The van der Waals surface area contributed by atoms with Crippen molar-refractivity contribution in [2.75, 3.05) is 32.1 Å². The van der Waals surface area contributed by atoms with Crippen LogP contribution in [-0.2, 0) is 9.59 Å². The van der Waals surface area contributed by atoms with E-state index < -0.39 is 6.04 Å². The lowest BCUT2D eigenvalue weighted by Crippen LogP contribution is -2.43. The van der Waals surface area contributed by atoms with Gasteiger partial charge in [-0.1, -0.05) is 0 Å². The molecule has 0 bridgehead atoms. The molecule has 2 fully saturated rings. The van der Waals surface area contributed by atoms with E-state index in [1.165, 1.54) is 12.0 Å². The molecule has 146 valence electrons. The average molecular weight is 376 g/mol. The molecule has 0 aromatic heterocycles. The van der Waals surface area contributed by atoms with E-state index in [-0.39, 0.29) is 30.5 Å². The highest BCUT2D eigenvalue weighted by atomic mass is 16.5. The second kappa shape index (κ2) is 8.15. The lowest BCUT2D eigenvalue weighted by Gasteiger charge is -2.20. The number of carbonyl (C=O) groups is 3. The molecule has 1 saturated heterocycles. The Bertz CT molecular complexity index is 734. The van der Waals surface area contributed by atoms with Crippen molar-refractivity contribution in [3.05, 3.63) is 18.2 Å². The van der Waals surface area contributed by atoms with Crippen molar-refractivity contribution in [1.82, 2.24) is 15.5 Å². The maximum Gasteiger partial charge on any atom is 0.324 e. The van der Waals surface area contributed by atoms with Crippen LogP contribution in [0.3, 0.4) is 0 Å². The van der Waals surface area contributed by atoms with Crippen molar-refractivity contribution in [1.29, 1.82) is 0 Å². The Morgan fingerprint density at radius 1 is 1.33 bits per heavy atom. The average Bonchev–Trinajstić information content (AvgIpc) is 3.36. The van der Waals surface area contributed by atoms with Crippen molar-refractivity contribution < 1.29 is 23.9 Å². The number of hydrogen-bond acceptors (Lipinski definition) is 6.